The van der Waals surface area contributed by atoms with E-state index in [0.717, 1.165) is 0 Å². The fraction of sp³-hybridized carbons (Fsp3) is 0.211. The van der Waals surface area contributed by atoms with Gasteiger partial charge in [0.25, 0.3) is 5.91 Å². The summed E-state index contributed by atoms with van der Waals surface area (Å²) >= 11 is 0. The largest absolute Gasteiger partial charge is 0.481 e. The van der Waals surface area contributed by atoms with E-state index in [1.54, 1.807) is 42.5 Å². The second kappa shape index (κ2) is 9.79. The predicted molar refractivity (Wildman–Crippen MR) is 90.7 cm³/mol. The van der Waals surface area contributed by atoms with E-state index in [1.807, 2.05) is 6.07 Å². The number of halogens is 1. The lowest BCUT2D eigenvalue weighted by Gasteiger charge is -2.09. The highest BCUT2D eigenvalue weighted by atomic mass is 19.1. The number of nitriles is 1. The van der Waals surface area contributed by atoms with E-state index in [2.05, 4.69) is 5.32 Å². The minimum absolute atomic E-state index is 0.226. The van der Waals surface area contributed by atoms with Gasteiger partial charge in [-0.2, -0.15) is 5.26 Å². The van der Waals surface area contributed by atoms with Gasteiger partial charge in [0.15, 0.2) is 13.2 Å². The molecule has 0 bridgehead atoms. The minimum Gasteiger partial charge on any atom is -0.481 e. The smallest absolute Gasteiger partial charge is 0.344 e. The normalized spacial score (nSPS) is 9.85. The van der Waals surface area contributed by atoms with E-state index in [1.165, 1.54) is 6.07 Å². The standard InChI is InChI=1S/C19H17FN2O4/c20-16-7-3-1-5-14(16)9-10-22-18(23)12-26-19(24)13-25-17-8-4-2-6-15(17)11-21/h1-8H,9-10,12-13H2,(H,22,23). The van der Waals surface area contributed by atoms with Crippen LogP contribution >= 0.6 is 0 Å². The zero-order valence-electron chi connectivity index (χ0n) is 13.9. The molecule has 2 aromatic rings. The number of hydrogen-bond donors (Lipinski definition) is 1. The van der Waals surface area contributed by atoms with Crippen molar-refractivity contribution in [2.75, 3.05) is 19.8 Å². The Morgan fingerprint density at radius 1 is 1.08 bits per heavy atom. The summed E-state index contributed by atoms with van der Waals surface area (Å²) in [7, 11) is 0. The summed E-state index contributed by atoms with van der Waals surface area (Å²) < 4.78 is 23.4. The third-order valence-corrected chi connectivity index (χ3v) is 3.39. The molecule has 0 saturated carbocycles. The third-order valence-electron chi connectivity index (χ3n) is 3.39. The predicted octanol–water partition coefficient (Wildman–Crippen LogP) is 1.98. The molecule has 26 heavy (non-hydrogen) atoms. The molecule has 7 heteroatoms. The van der Waals surface area contributed by atoms with Gasteiger partial charge in [-0.25, -0.2) is 9.18 Å². The Kier molecular flexibility index (Phi) is 7.13. The van der Waals surface area contributed by atoms with Crippen molar-refractivity contribution in [3.05, 3.63) is 65.5 Å². The van der Waals surface area contributed by atoms with Crippen LogP contribution in [0.3, 0.4) is 0 Å². The van der Waals surface area contributed by atoms with Crippen LogP contribution < -0.4 is 10.1 Å². The molecule has 0 atom stereocenters. The number of benzene rings is 2. The lowest BCUT2D eigenvalue weighted by Crippen LogP contribution is -2.31. The van der Waals surface area contributed by atoms with Gasteiger partial charge in [0.2, 0.25) is 0 Å². The molecular formula is C19H17FN2O4. The first kappa shape index (κ1) is 18.9. The zero-order valence-corrected chi connectivity index (χ0v) is 13.9. The number of amides is 1. The number of ether oxygens (including phenoxy) is 2. The average molecular weight is 356 g/mol. The van der Waals surface area contributed by atoms with Crippen LogP contribution in [0.15, 0.2) is 48.5 Å². The Hall–Kier alpha value is -3.40. The van der Waals surface area contributed by atoms with Gasteiger partial charge >= 0.3 is 5.97 Å². The zero-order chi connectivity index (χ0) is 18.8. The van der Waals surface area contributed by atoms with Gasteiger partial charge in [-0.3, -0.25) is 4.79 Å². The number of esters is 1. The summed E-state index contributed by atoms with van der Waals surface area (Å²) in [6, 6.07) is 14.7. The van der Waals surface area contributed by atoms with Gasteiger partial charge in [0.1, 0.15) is 17.6 Å². The molecule has 0 aromatic heterocycles. The molecule has 0 unspecified atom stereocenters. The molecule has 1 N–H and O–H groups in total. The highest BCUT2D eigenvalue weighted by molar-refractivity contribution is 5.80. The molecule has 0 heterocycles. The Morgan fingerprint density at radius 2 is 1.81 bits per heavy atom. The first-order valence-electron chi connectivity index (χ1n) is 7.88. The Morgan fingerprint density at radius 3 is 2.58 bits per heavy atom. The quantitative estimate of drug-likeness (QED) is 0.731. The Labute approximate surface area is 150 Å². The number of carbonyl (C=O) groups is 2. The summed E-state index contributed by atoms with van der Waals surface area (Å²) in [6.45, 7) is -0.649. The fourth-order valence-corrected chi connectivity index (χ4v) is 2.10. The number of rotatable bonds is 8. The van der Waals surface area contributed by atoms with Gasteiger partial charge in [0.05, 0.1) is 5.56 Å². The second-order valence-corrected chi connectivity index (χ2v) is 5.25. The van der Waals surface area contributed by atoms with Gasteiger partial charge in [-0.15, -0.1) is 0 Å². The molecule has 0 saturated heterocycles. The third kappa shape index (κ3) is 5.91. The molecule has 0 aliphatic heterocycles. The number of nitrogens with zero attached hydrogens (tertiary/aromatic N) is 1. The molecule has 0 aliphatic rings. The van der Waals surface area contributed by atoms with Crippen molar-refractivity contribution >= 4 is 11.9 Å². The van der Waals surface area contributed by atoms with E-state index in [0.29, 0.717) is 17.5 Å². The summed E-state index contributed by atoms with van der Waals surface area (Å²) in [5.41, 5.74) is 0.792. The highest BCUT2D eigenvalue weighted by Crippen LogP contribution is 2.16. The van der Waals surface area contributed by atoms with Crippen molar-refractivity contribution in [3.63, 3.8) is 0 Å². The van der Waals surface area contributed by atoms with Gasteiger partial charge in [-0.1, -0.05) is 30.3 Å². The lowest BCUT2D eigenvalue weighted by molar-refractivity contribution is -0.150. The van der Waals surface area contributed by atoms with E-state index >= 15 is 0 Å². The van der Waals surface area contributed by atoms with Crippen molar-refractivity contribution in [1.82, 2.24) is 5.32 Å². The molecule has 0 radical (unpaired) electrons. The fourth-order valence-electron chi connectivity index (χ4n) is 2.10. The van der Waals surface area contributed by atoms with Crippen molar-refractivity contribution in [3.8, 4) is 11.8 Å². The summed E-state index contributed by atoms with van der Waals surface area (Å²) in [6.07, 6.45) is 0.334. The number of hydrogen-bond acceptors (Lipinski definition) is 5. The number of para-hydroxylation sites is 1. The van der Waals surface area contributed by atoms with Crippen LogP contribution in [0.5, 0.6) is 5.75 Å². The lowest BCUT2D eigenvalue weighted by atomic mass is 10.1. The molecule has 134 valence electrons. The summed E-state index contributed by atoms with van der Waals surface area (Å²) in [5, 5.41) is 11.5. The monoisotopic (exact) mass is 356 g/mol. The topological polar surface area (TPSA) is 88.4 Å². The van der Waals surface area contributed by atoms with Crippen LogP contribution in [0.25, 0.3) is 0 Å². The van der Waals surface area contributed by atoms with Gasteiger partial charge in [0, 0.05) is 6.54 Å². The van der Waals surface area contributed by atoms with Crippen molar-refractivity contribution < 1.29 is 23.5 Å². The van der Waals surface area contributed by atoms with E-state index in [9.17, 15) is 14.0 Å². The molecule has 2 aromatic carbocycles. The maximum absolute atomic E-state index is 13.4. The average Bonchev–Trinajstić information content (AvgIpc) is 2.66. The molecule has 6 nitrogen and oxygen atoms in total. The molecule has 0 fully saturated rings. The van der Waals surface area contributed by atoms with Crippen LogP contribution in [0.1, 0.15) is 11.1 Å². The Bertz CT molecular complexity index is 817. The number of carbonyl (C=O) groups excluding carboxylic acids is 2. The molecule has 2 rings (SSSR count). The van der Waals surface area contributed by atoms with Crippen LogP contribution in [-0.2, 0) is 20.7 Å². The van der Waals surface area contributed by atoms with Crippen LogP contribution in [0.2, 0.25) is 0 Å². The SMILES string of the molecule is N#Cc1ccccc1OCC(=O)OCC(=O)NCCc1ccccc1F. The van der Waals surface area contributed by atoms with E-state index < -0.39 is 25.1 Å². The van der Waals surface area contributed by atoms with Crippen molar-refractivity contribution in [2.45, 2.75) is 6.42 Å². The number of nitrogens with one attached hydrogen (secondary N) is 1. The van der Waals surface area contributed by atoms with Crippen LogP contribution in [0.4, 0.5) is 4.39 Å². The second-order valence-electron chi connectivity index (χ2n) is 5.25. The molecule has 0 aliphatic carbocycles. The first-order valence-corrected chi connectivity index (χ1v) is 7.88. The van der Waals surface area contributed by atoms with E-state index in [4.69, 9.17) is 14.7 Å². The first-order chi connectivity index (χ1) is 12.6. The van der Waals surface area contributed by atoms with E-state index in [-0.39, 0.29) is 18.1 Å². The molecule has 0 spiro atoms. The van der Waals surface area contributed by atoms with Gasteiger partial charge < -0.3 is 14.8 Å². The van der Waals surface area contributed by atoms with Gasteiger partial charge in [-0.05, 0) is 30.2 Å². The maximum Gasteiger partial charge on any atom is 0.344 e. The summed E-state index contributed by atoms with van der Waals surface area (Å²) in [5.74, 6) is -1.29. The summed E-state index contributed by atoms with van der Waals surface area (Å²) in [4.78, 5) is 23.2. The van der Waals surface area contributed by atoms with Crippen molar-refractivity contribution in [1.29, 1.82) is 5.26 Å². The minimum atomic E-state index is -0.734. The maximum atomic E-state index is 13.4. The van der Waals surface area contributed by atoms with Crippen LogP contribution in [-0.4, -0.2) is 31.6 Å². The molecule has 1 amide bonds. The molecular weight excluding hydrogens is 339 g/mol. The van der Waals surface area contributed by atoms with Crippen LogP contribution in [0, 0.1) is 17.1 Å². The highest BCUT2D eigenvalue weighted by Gasteiger charge is 2.10. The van der Waals surface area contributed by atoms with Crippen molar-refractivity contribution in [2.24, 2.45) is 0 Å². The Balaban J connectivity index is 1.66.